The zero-order valence-electron chi connectivity index (χ0n) is 23.2. The van der Waals surface area contributed by atoms with E-state index in [1.165, 1.54) is 23.8 Å². The molecule has 0 amide bonds. The fourth-order valence-corrected chi connectivity index (χ4v) is 5.65. The first-order valence-corrected chi connectivity index (χ1v) is 13.6. The molecule has 1 aromatic heterocycles. The summed E-state index contributed by atoms with van der Waals surface area (Å²) in [7, 11) is 0. The predicted octanol–water partition coefficient (Wildman–Crippen LogP) is 6.01. The van der Waals surface area contributed by atoms with Crippen molar-refractivity contribution in [2.45, 2.75) is 39.8 Å². The van der Waals surface area contributed by atoms with Crippen molar-refractivity contribution >= 4 is 19.2 Å². The van der Waals surface area contributed by atoms with Gasteiger partial charge in [0.1, 0.15) is 17.3 Å². The summed E-state index contributed by atoms with van der Waals surface area (Å²) < 4.78 is 31.2. The van der Waals surface area contributed by atoms with Crippen LogP contribution in [0.15, 0.2) is 83.7 Å². The number of nitrogens with zero attached hydrogens (tertiary/aromatic N) is 3. The SMILES string of the molecule is Cc1c(Cc2c(F)cccc2F)c(C)n(CCc2ccccc2)c(=O)c1N1CCN(Cc2ccccc2)CC1.S. The zero-order chi connectivity index (χ0) is 27.4. The van der Waals surface area contributed by atoms with Crippen LogP contribution in [0, 0.1) is 25.5 Å². The molecule has 4 nitrogen and oxygen atoms in total. The molecular weight excluding hydrogens is 524 g/mol. The quantitative estimate of drug-likeness (QED) is 0.264. The van der Waals surface area contributed by atoms with E-state index in [1.54, 1.807) is 4.57 Å². The molecular formula is C33H37F2N3OS. The Morgan fingerprint density at radius 2 is 1.30 bits per heavy atom. The second kappa shape index (κ2) is 13.3. The maximum atomic E-state index is 14.7. The smallest absolute Gasteiger partial charge is 0.274 e. The molecule has 4 aromatic rings. The number of aromatic nitrogens is 1. The molecule has 0 radical (unpaired) electrons. The molecule has 1 saturated heterocycles. The lowest BCUT2D eigenvalue weighted by Crippen LogP contribution is -2.48. The molecule has 0 saturated carbocycles. The second-order valence-corrected chi connectivity index (χ2v) is 10.4. The highest BCUT2D eigenvalue weighted by Gasteiger charge is 2.26. The molecule has 1 fully saturated rings. The van der Waals surface area contributed by atoms with Gasteiger partial charge in [-0.1, -0.05) is 66.7 Å². The van der Waals surface area contributed by atoms with Crippen LogP contribution in [-0.2, 0) is 25.9 Å². The average Bonchev–Trinajstić information content (AvgIpc) is 2.94. The van der Waals surface area contributed by atoms with Crippen LogP contribution >= 0.6 is 13.5 Å². The number of hydrogen-bond donors (Lipinski definition) is 0. The zero-order valence-corrected chi connectivity index (χ0v) is 24.2. The van der Waals surface area contributed by atoms with E-state index in [-0.39, 0.29) is 31.0 Å². The summed E-state index contributed by atoms with van der Waals surface area (Å²) in [6.45, 7) is 8.32. The topological polar surface area (TPSA) is 28.5 Å². The van der Waals surface area contributed by atoms with E-state index < -0.39 is 11.6 Å². The Kier molecular flexibility index (Phi) is 9.82. The van der Waals surface area contributed by atoms with Crippen molar-refractivity contribution in [3.05, 3.63) is 134 Å². The van der Waals surface area contributed by atoms with Crippen molar-refractivity contribution in [1.29, 1.82) is 0 Å². The van der Waals surface area contributed by atoms with Crippen molar-refractivity contribution in [2.24, 2.45) is 0 Å². The number of rotatable bonds is 8. The minimum Gasteiger partial charge on any atom is -0.364 e. The van der Waals surface area contributed by atoms with E-state index in [0.717, 1.165) is 55.1 Å². The lowest BCUT2D eigenvalue weighted by molar-refractivity contribution is 0.249. The molecule has 5 rings (SSSR count). The van der Waals surface area contributed by atoms with E-state index >= 15 is 0 Å². The lowest BCUT2D eigenvalue weighted by atomic mass is 9.96. The Morgan fingerprint density at radius 3 is 1.90 bits per heavy atom. The molecule has 0 N–H and O–H groups in total. The van der Waals surface area contributed by atoms with Gasteiger partial charge in [0.05, 0.1) is 0 Å². The van der Waals surface area contributed by atoms with Crippen molar-refractivity contribution < 1.29 is 8.78 Å². The fourth-order valence-electron chi connectivity index (χ4n) is 5.65. The van der Waals surface area contributed by atoms with Gasteiger partial charge in [-0.05, 0) is 54.7 Å². The number of benzene rings is 3. The van der Waals surface area contributed by atoms with Crippen LogP contribution < -0.4 is 10.5 Å². The minimum atomic E-state index is -0.563. The Hall–Kier alpha value is -3.42. The Bertz CT molecular complexity index is 1460. The van der Waals surface area contributed by atoms with Crippen LogP contribution in [0.5, 0.6) is 0 Å². The highest BCUT2D eigenvalue weighted by Crippen LogP contribution is 2.28. The molecule has 0 unspecified atom stereocenters. The molecule has 0 bridgehead atoms. The van der Waals surface area contributed by atoms with E-state index in [9.17, 15) is 13.6 Å². The van der Waals surface area contributed by atoms with Crippen LogP contribution in [0.4, 0.5) is 14.5 Å². The molecule has 0 aliphatic carbocycles. The lowest BCUT2D eigenvalue weighted by Gasteiger charge is -2.37. The fraction of sp³-hybridized carbons (Fsp3) is 0.303. The van der Waals surface area contributed by atoms with Gasteiger partial charge in [-0.15, -0.1) is 0 Å². The second-order valence-electron chi connectivity index (χ2n) is 10.4. The van der Waals surface area contributed by atoms with Crippen molar-refractivity contribution in [3.63, 3.8) is 0 Å². The maximum absolute atomic E-state index is 14.7. The molecule has 210 valence electrons. The van der Waals surface area contributed by atoms with Gasteiger partial charge in [-0.3, -0.25) is 9.69 Å². The number of hydrogen-bond acceptors (Lipinski definition) is 3. The molecule has 7 heteroatoms. The van der Waals surface area contributed by atoms with Gasteiger partial charge in [-0.25, -0.2) is 8.78 Å². The maximum Gasteiger partial charge on any atom is 0.274 e. The highest BCUT2D eigenvalue weighted by molar-refractivity contribution is 7.59. The van der Waals surface area contributed by atoms with Crippen LogP contribution in [0.3, 0.4) is 0 Å². The van der Waals surface area contributed by atoms with Gasteiger partial charge in [0.15, 0.2) is 0 Å². The molecule has 1 aliphatic rings. The number of piperazine rings is 1. The molecule has 0 atom stereocenters. The van der Waals surface area contributed by atoms with Gasteiger partial charge >= 0.3 is 0 Å². The third kappa shape index (κ3) is 6.48. The van der Waals surface area contributed by atoms with Gasteiger partial charge < -0.3 is 9.47 Å². The summed E-state index contributed by atoms with van der Waals surface area (Å²) in [6.07, 6.45) is 0.797. The summed E-state index contributed by atoms with van der Waals surface area (Å²) in [4.78, 5) is 18.6. The number of halogens is 2. The van der Waals surface area contributed by atoms with Crippen LogP contribution in [0.25, 0.3) is 0 Å². The summed E-state index contributed by atoms with van der Waals surface area (Å²) in [6, 6.07) is 24.4. The number of pyridine rings is 1. The number of aryl methyl sites for hydroxylation is 1. The number of anilines is 1. The Labute approximate surface area is 242 Å². The first-order chi connectivity index (χ1) is 18.9. The van der Waals surface area contributed by atoms with Crippen LogP contribution in [0.2, 0.25) is 0 Å². The largest absolute Gasteiger partial charge is 0.364 e. The predicted molar refractivity (Wildman–Crippen MR) is 164 cm³/mol. The Balaban J connectivity index is 0.00000370. The molecule has 2 heterocycles. The van der Waals surface area contributed by atoms with Crippen molar-refractivity contribution in [1.82, 2.24) is 9.47 Å². The first kappa shape index (κ1) is 29.6. The van der Waals surface area contributed by atoms with E-state index in [1.807, 2.05) is 38.1 Å². The van der Waals surface area contributed by atoms with E-state index in [0.29, 0.717) is 18.7 Å². The normalized spacial score (nSPS) is 13.8. The van der Waals surface area contributed by atoms with Crippen molar-refractivity contribution in [3.8, 4) is 0 Å². The van der Waals surface area contributed by atoms with Crippen LogP contribution in [0.1, 0.15) is 33.5 Å². The summed E-state index contributed by atoms with van der Waals surface area (Å²) in [5.74, 6) is -1.13. The van der Waals surface area contributed by atoms with Gasteiger partial charge in [0, 0.05) is 56.9 Å². The van der Waals surface area contributed by atoms with Crippen LogP contribution in [-0.4, -0.2) is 35.6 Å². The first-order valence-electron chi connectivity index (χ1n) is 13.6. The van der Waals surface area contributed by atoms with Gasteiger partial charge in [-0.2, -0.15) is 13.5 Å². The van der Waals surface area contributed by atoms with E-state index in [4.69, 9.17) is 0 Å². The Morgan fingerprint density at radius 1 is 0.725 bits per heavy atom. The average molecular weight is 562 g/mol. The van der Waals surface area contributed by atoms with Gasteiger partial charge in [0.25, 0.3) is 5.56 Å². The molecule has 1 aliphatic heterocycles. The minimum absolute atomic E-state index is 0. The summed E-state index contributed by atoms with van der Waals surface area (Å²) >= 11 is 0. The molecule has 40 heavy (non-hydrogen) atoms. The summed E-state index contributed by atoms with van der Waals surface area (Å²) in [5.41, 5.74) is 5.46. The molecule has 0 spiro atoms. The highest BCUT2D eigenvalue weighted by atomic mass is 32.1. The monoisotopic (exact) mass is 561 g/mol. The van der Waals surface area contributed by atoms with Crippen molar-refractivity contribution in [2.75, 3.05) is 31.1 Å². The van der Waals surface area contributed by atoms with E-state index in [2.05, 4.69) is 46.2 Å². The third-order valence-corrected chi connectivity index (χ3v) is 7.92. The standard InChI is InChI=1S/C33H35F2N3O.H2S/c1-24-28(22-29-30(34)14-9-15-31(29)35)25(2)38(17-16-26-10-5-3-6-11-26)33(39)32(24)37-20-18-36(19-21-37)23-27-12-7-4-8-13-27;/h3-15H,16-23H2,1-2H3;1H2. The summed E-state index contributed by atoms with van der Waals surface area (Å²) in [5, 5.41) is 0. The van der Waals surface area contributed by atoms with Gasteiger partial charge in [0.2, 0.25) is 0 Å². The molecule has 3 aromatic carbocycles. The third-order valence-electron chi connectivity index (χ3n) is 7.92.